The summed E-state index contributed by atoms with van der Waals surface area (Å²) >= 11 is 0. The number of nitriles is 1. The molecule has 0 saturated carbocycles. The zero-order valence-corrected chi connectivity index (χ0v) is 24.0. The Hall–Kier alpha value is -6.31. The lowest BCUT2D eigenvalue weighted by Crippen LogP contribution is -1.95. The second-order valence-electron chi connectivity index (χ2n) is 11.3. The van der Waals surface area contributed by atoms with E-state index in [0.717, 1.165) is 82.3 Å². The lowest BCUT2D eigenvalue weighted by molar-refractivity contribution is 0.673. The Morgan fingerprint density at radius 2 is 1.18 bits per heavy atom. The first-order chi connectivity index (χ1) is 22.2. The third-order valence-corrected chi connectivity index (χ3v) is 8.67. The fraction of sp³-hybridized carbons (Fsp3) is 0. The molecule has 0 atom stereocenters. The second kappa shape index (κ2) is 9.87. The molecule has 2 aromatic heterocycles. The molecule has 0 aliphatic rings. The first kappa shape index (κ1) is 25.2. The number of rotatable bonds is 3. The number of aromatic nitrogens is 2. The van der Waals surface area contributed by atoms with Crippen molar-refractivity contribution >= 4 is 54.4 Å². The fourth-order valence-corrected chi connectivity index (χ4v) is 6.56. The Morgan fingerprint density at radius 1 is 0.489 bits per heavy atom. The van der Waals surface area contributed by atoms with E-state index in [4.69, 9.17) is 14.4 Å². The molecule has 208 valence electrons. The van der Waals surface area contributed by atoms with E-state index in [1.165, 1.54) is 0 Å². The quantitative estimate of drug-likeness (QED) is 0.197. The minimum absolute atomic E-state index is 0.642. The molecule has 0 bridgehead atoms. The van der Waals surface area contributed by atoms with Gasteiger partial charge in [-0.25, -0.2) is 9.97 Å². The van der Waals surface area contributed by atoms with E-state index in [9.17, 15) is 5.26 Å². The third-order valence-electron chi connectivity index (χ3n) is 8.67. The molecule has 0 spiro atoms. The van der Waals surface area contributed by atoms with Crippen LogP contribution in [0.3, 0.4) is 0 Å². The molecule has 4 nitrogen and oxygen atoms in total. The molecule has 0 unspecified atom stereocenters. The minimum atomic E-state index is 0.642. The van der Waals surface area contributed by atoms with Crippen LogP contribution in [0.2, 0.25) is 0 Å². The largest absolute Gasteiger partial charge is 0.455 e. The molecule has 7 aromatic carbocycles. The highest BCUT2D eigenvalue weighted by Gasteiger charge is 2.18. The van der Waals surface area contributed by atoms with Crippen LogP contribution < -0.4 is 0 Å². The van der Waals surface area contributed by atoms with Crippen molar-refractivity contribution < 1.29 is 4.42 Å². The van der Waals surface area contributed by atoms with Crippen LogP contribution in [0.5, 0.6) is 0 Å². The van der Waals surface area contributed by atoms with Gasteiger partial charge in [-0.1, -0.05) is 103 Å². The molecule has 2 heterocycles. The fourth-order valence-electron chi connectivity index (χ4n) is 6.56. The van der Waals surface area contributed by atoms with E-state index < -0.39 is 0 Å². The average Bonchev–Trinajstić information content (AvgIpc) is 3.51. The number of benzene rings is 7. The van der Waals surface area contributed by atoms with E-state index >= 15 is 0 Å². The zero-order valence-electron chi connectivity index (χ0n) is 24.0. The topological polar surface area (TPSA) is 62.7 Å². The highest BCUT2D eigenvalue weighted by molar-refractivity contribution is 6.30. The molecule has 0 saturated heterocycles. The monoisotopic (exact) mass is 573 g/mol. The molecule has 9 aromatic rings. The van der Waals surface area contributed by atoms with Crippen LogP contribution in [-0.4, -0.2) is 9.97 Å². The molecule has 0 aliphatic carbocycles. The molecule has 0 N–H and O–H groups in total. The van der Waals surface area contributed by atoms with Gasteiger partial charge >= 0.3 is 0 Å². The zero-order chi connectivity index (χ0) is 29.9. The molecule has 9 rings (SSSR count). The Balaban J connectivity index is 1.33. The third kappa shape index (κ3) is 3.99. The van der Waals surface area contributed by atoms with E-state index in [2.05, 4.69) is 72.8 Å². The van der Waals surface area contributed by atoms with Crippen LogP contribution in [-0.2, 0) is 0 Å². The van der Waals surface area contributed by atoms with Gasteiger partial charge in [-0.3, -0.25) is 0 Å². The summed E-state index contributed by atoms with van der Waals surface area (Å²) in [4.78, 5) is 10.1. The summed E-state index contributed by atoms with van der Waals surface area (Å²) in [5, 5.41) is 17.0. The highest BCUT2D eigenvalue weighted by Crippen LogP contribution is 2.43. The Morgan fingerprint density at radius 3 is 2.04 bits per heavy atom. The van der Waals surface area contributed by atoms with Gasteiger partial charge in [0.1, 0.15) is 11.2 Å². The second-order valence-corrected chi connectivity index (χ2v) is 11.3. The molecular formula is C41H23N3O. The van der Waals surface area contributed by atoms with E-state index in [1.54, 1.807) is 0 Å². The van der Waals surface area contributed by atoms with Crippen LogP contribution in [0.1, 0.15) is 5.56 Å². The molecule has 0 fully saturated rings. The van der Waals surface area contributed by atoms with Crippen LogP contribution >= 0.6 is 0 Å². The molecule has 0 amide bonds. The van der Waals surface area contributed by atoms with E-state index in [1.807, 2.05) is 72.8 Å². The first-order valence-electron chi connectivity index (χ1n) is 14.9. The predicted molar refractivity (Wildman–Crippen MR) is 183 cm³/mol. The Labute approximate surface area is 258 Å². The lowest BCUT2D eigenvalue weighted by atomic mass is 9.92. The molecule has 0 aliphatic heterocycles. The number of furan rings is 1. The maximum atomic E-state index is 9.49. The predicted octanol–water partition coefficient (Wildman–Crippen LogP) is 10.7. The Bertz CT molecular complexity index is 2660. The number of fused-ring (bicyclic) bond motifs is 9. The number of nitrogens with zero attached hydrogens (tertiary/aromatic N) is 3. The van der Waals surface area contributed by atoms with Gasteiger partial charge in [0, 0.05) is 32.7 Å². The Kier molecular flexibility index (Phi) is 5.53. The molecular weight excluding hydrogens is 550 g/mol. The van der Waals surface area contributed by atoms with Crippen molar-refractivity contribution in [3.05, 3.63) is 145 Å². The summed E-state index contributed by atoms with van der Waals surface area (Å²) in [5.41, 5.74) is 8.19. The van der Waals surface area contributed by atoms with Crippen molar-refractivity contribution in [1.29, 1.82) is 5.26 Å². The van der Waals surface area contributed by atoms with Crippen molar-refractivity contribution in [1.82, 2.24) is 9.97 Å². The van der Waals surface area contributed by atoms with Crippen LogP contribution in [0.15, 0.2) is 144 Å². The van der Waals surface area contributed by atoms with Gasteiger partial charge in [0.15, 0.2) is 5.82 Å². The number of hydrogen-bond donors (Lipinski definition) is 0. The van der Waals surface area contributed by atoms with E-state index in [-0.39, 0.29) is 0 Å². The van der Waals surface area contributed by atoms with Crippen LogP contribution in [0.25, 0.3) is 88.2 Å². The molecule has 0 radical (unpaired) electrons. The van der Waals surface area contributed by atoms with Crippen molar-refractivity contribution in [3.63, 3.8) is 0 Å². The standard InChI is InChI=1S/C41H23N3O/c42-24-25-9-8-12-27(21-25)28-17-19-30-31-20-18-29(23-35(31)40-38(34(30)22-28)33-14-5-7-16-37(33)45-40)41-43-36-15-6-4-13-32(36)39(44-41)26-10-2-1-3-11-26/h1-23H. The van der Waals surface area contributed by atoms with Gasteiger partial charge in [-0.05, 0) is 63.7 Å². The van der Waals surface area contributed by atoms with Crippen LogP contribution in [0.4, 0.5) is 0 Å². The van der Waals surface area contributed by atoms with Gasteiger partial charge in [0.05, 0.1) is 22.8 Å². The van der Waals surface area contributed by atoms with Gasteiger partial charge in [-0.2, -0.15) is 5.26 Å². The SMILES string of the molecule is N#Cc1cccc(-c2ccc3c4ccc(-c5nc(-c6ccccc6)c6ccccc6n5)cc4c4oc5ccccc5c4c3c2)c1. The summed E-state index contributed by atoms with van der Waals surface area (Å²) < 4.78 is 6.63. The smallest absolute Gasteiger partial charge is 0.160 e. The van der Waals surface area contributed by atoms with Crippen LogP contribution in [0, 0.1) is 11.3 Å². The number of hydrogen-bond acceptors (Lipinski definition) is 4. The van der Waals surface area contributed by atoms with Gasteiger partial charge in [-0.15, -0.1) is 0 Å². The van der Waals surface area contributed by atoms with Crippen molar-refractivity contribution in [2.24, 2.45) is 0 Å². The van der Waals surface area contributed by atoms with Crippen molar-refractivity contribution in [2.45, 2.75) is 0 Å². The first-order valence-corrected chi connectivity index (χ1v) is 14.9. The maximum absolute atomic E-state index is 9.49. The molecule has 4 heteroatoms. The summed E-state index contributed by atoms with van der Waals surface area (Å²) in [6.07, 6.45) is 0. The summed E-state index contributed by atoms with van der Waals surface area (Å²) in [6, 6.07) is 49.7. The maximum Gasteiger partial charge on any atom is 0.160 e. The minimum Gasteiger partial charge on any atom is -0.455 e. The highest BCUT2D eigenvalue weighted by atomic mass is 16.3. The normalized spacial score (nSPS) is 11.5. The van der Waals surface area contributed by atoms with Gasteiger partial charge in [0.25, 0.3) is 0 Å². The summed E-state index contributed by atoms with van der Waals surface area (Å²) in [6.45, 7) is 0. The summed E-state index contributed by atoms with van der Waals surface area (Å²) in [7, 11) is 0. The van der Waals surface area contributed by atoms with Crippen molar-refractivity contribution in [2.75, 3.05) is 0 Å². The average molecular weight is 574 g/mol. The van der Waals surface area contributed by atoms with E-state index in [0.29, 0.717) is 11.4 Å². The number of para-hydroxylation sites is 2. The van der Waals surface area contributed by atoms with Gasteiger partial charge < -0.3 is 4.42 Å². The lowest BCUT2D eigenvalue weighted by Gasteiger charge is -2.12. The summed E-state index contributed by atoms with van der Waals surface area (Å²) in [5.74, 6) is 0.673. The molecule has 45 heavy (non-hydrogen) atoms. The van der Waals surface area contributed by atoms with Crippen molar-refractivity contribution in [3.8, 4) is 39.8 Å². The van der Waals surface area contributed by atoms with Gasteiger partial charge in [0.2, 0.25) is 0 Å².